The highest BCUT2D eigenvalue weighted by Gasteiger charge is 1.96. The maximum absolute atomic E-state index is 5.27. The Labute approximate surface area is 67.7 Å². The van der Waals surface area contributed by atoms with E-state index in [1.165, 1.54) is 5.57 Å². The van der Waals surface area contributed by atoms with E-state index in [0.717, 1.165) is 19.4 Å². The molecule has 2 N–H and O–H groups in total. The molecular weight excluding hydrogens is 138 g/mol. The summed E-state index contributed by atoms with van der Waals surface area (Å²) < 4.78 is 5.24. The lowest BCUT2D eigenvalue weighted by Gasteiger charge is -2.00. The second-order valence-corrected chi connectivity index (χ2v) is 2.57. The molecule has 0 amide bonds. The van der Waals surface area contributed by atoms with E-state index in [1.807, 2.05) is 0 Å². The molecule has 0 radical (unpaired) electrons. The van der Waals surface area contributed by atoms with Crippen LogP contribution in [0, 0.1) is 0 Å². The molecule has 0 aromatic carbocycles. The van der Waals surface area contributed by atoms with E-state index in [2.05, 4.69) is 18.2 Å². The van der Waals surface area contributed by atoms with Gasteiger partial charge in [-0.2, -0.15) is 0 Å². The minimum atomic E-state index is 0.620. The van der Waals surface area contributed by atoms with Crippen LogP contribution in [-0.2, 0) is 4.74 Å². The Kier molecular flexibility index (Phi) is 3.94. The van der Waals surface area contributed by atoms with Crippen LogP contribution < -0.4 is 5.73 Å². The van der Waals surface area contributed by atoms with Crippen molar-refractivity contribution in [3.05, 3.63) is 23.8 Å². The molecule has 0 bridgehead atoms. The van der Waals surface area contributed by atoms with Gasteiger partial charge < -0.3 is 10.5 Å². The topological polar surface area (TPSA) is 35.2 Å². The number of hydrogen-bond donors (Lipinski definition) is 1. The van der Waals surface area contributed by atoms with Crippen LogP contribution in [0.25, 0.3) is 0 Å². The Morgan fingerprint density at radius 1 is 1.45 bits per heavy atom. The van der Waals surface area contributed by atoms with Gasteiger partial charge in [0, 0.05) is 6.54 Å². The van der Waals surface area contributed by atoms with Crippen LogP contribution in [-0.4, -0.2) is 19.8 Å². The summed E-state index contributed by atoms with van der Waals surface area (Å²) in [5, 5.41) is 0. The highest BCUT2D eigenvalue weighted by Crippen LogP contribution is 2.11. The molecule has 0 aliphatic heterocycles. The van der Waals surface area contributed by atoms with Gasteiger partial charge in [-0.1, -0.05) is 18.2 Å². The first-order chi connectivity index (χ1) is 5.43. The zero-order chi connectivity index (χ0) is 7.94. The molecule has 2 heteroatoms. The van der Waals surface area contributed by atoms with E-state index in [4.69, 9.17) is 10.5 Å². The molecule has 62 valence electrons. The smallest absolute Gasteiger partial charge is 0.0588 e. The first kappa shape index (κ1) is 8.50. The van der Waals surface area contributed by atoms with Crippen molar-refractivity contribution in [2.45, 2.75) is 12.8 Å². The van der Waals surface area contributed by atoms with Crippen LogP contribution in [0.15, 0.2) is 23.8 Å². The normalized spacial score (nSPS) is 15.5. The second kappa shape index (κ2) is 5.10. The van der Waals surface area contributed by atoms with Crippen LogP contribution >= 0.6 is 0 Å². The van der Waals surface area contributed by atoms with Gasteiger partial charge in [-0.25, -0.2) is 0 Å². The highest BCUT2D eigenvalue weighted by molar-refractivity contribution is 5.25. The third kappa shape index (κ3) is 3.35. The van der Waals surface area contributed by atoms with Crippen LogP contribution in [0.3, 0.4) is 0 Å². The molecule has 11 heavy (non-hydrogen) atoms. The summed E-state index contributed by atoms with van der Waals surface area (Å²) in [5.74, 6) is 0. The zero-order valence-corrected chi connectivity index (χ0v) is 6.75. The number of ether oxygens (including phenoxy) is 1. The van der Waals surface area contributed by atoms with Crippen molar-refractivity contribution in [2.24, 2.45) is 5.73 Å². The van der Waals surface area contributed by atoms with E-state index in [1.54, 1.807) is 0 Å². The Balaban J connectivity index is 1.99. The summed E-state index contributed by atoms with van der Waals surface area (Å²) in [6.07, 6.45) is 8.67. The Morgan fingerprint density at radius 2 is 2.36 bits per heavy atom. The van der Waals surface area contributed by atoms with Crippen molar-refractivity contribution in [3.63, 3.8) is 0 Å². The zero-order valence-electron chi connectivity index (χ0n) is 6.75. The number of allylic oxidation sites excluding steroid dienone is 3. The van der Waals surface area contributed by atoms with Crippen molar-refractivity contribution < 1.29 is 4.74 Å². The van der Waals surface area contributed by atoms with Gasteiger partial charge in [-0.15, -0.1) is 0 Å². The van der Waals surface area contributed by atoms with Crippen molar-refractivity contribution in [1.29, 1.82) is 0 Å². The van der Waals surface area contributed by atoms with Gasteiger partial charge in [0.25, 0.3) is 0 Å². The molecule has 0 saturated carbocycles. The maximum Gasteiger partial charge on any atom is 0.0588 e. The van der Waals surface area contributed by atoms with E-state index in [9.17, 15) is 0 Å². The molecule has 0 aromatic heterocycles. The minimum Gasteiger partial charge on any atom is -0.380 e. The summed E-state index contributed by atoms with van der Waals surface area (Å²) in [4.78, 5) is 0. The fourth-order valence-electron chi connectivity index (χ4n) is 1.07. The van der Waals surface area contributed by atoms with Crippen LogP contribution in [0.1, 0.15) is 12.8 Å². The Morgan fingerprint density at radius 3 is 3.00 bits per heavy atom. The summed E-state index contributed by atoms with van der Waals surface area (Å²) in [6, 6.07) is 0. The predicted molar refractivity (Wildman–Crippen MR) is 46.3 cm³/mol. The second-order valence-electron chi connectivity index (χ2n) is 2.57. The molecule has 0 spiro atoms. The van der Waals surface area contributed by atoms with Crippen molar-refractivity contribution in [1.82, 2.24) is 0 Å². The molecule has 0 unspecified atom stereocenters. The number of nitrogens with two attached hydrogens (primary N) is 1. The Bertz CT molecular complexity index is 161. The van der Waals surface area contributed by atoms with E-state index in [0.29, 0.717) is 13.2 Å². The highest BCUT2D eigenvalue weighted by atomic mass is 16.5. The van der Waals surface area contributed by atoms with Crippen molar-refractivity contribution >= 4 is 0 Å². The van der Waals surface area contributed by atoms with Gasteiger partial charge in [0.1, 0.15) is 0 Å². The van der Waals surface area contributed by atoms with Gasteiger partial charge in [-0.3, -0.25) is 0 Å². The average molecular weight is 153 g/mol. The molecule has 2 nitrogen and oxygen atoms in total. The molecule has 0 saturated heterocycles. The standard InChI is InChI=1S/C9H15NO/c10-6-8-11-7-5-9-3-1-2-4-9/h1,3-4H,2,5-8,10H2. The van der Waals surface area contributed by atoms with Gasteiger partial charge in [0.15, 0.2) is 0 Å². The summed E-state index contributed by atoms with van der Waals surface area (Å²) in [7, 11) is 0. The van der Waals surface area contributed by atoms with Crippen LogP contribution in [0.5, 0.6) is 0 Å². The van der Waals surface area contributed by atoms with E-state index >= 15 is 0 Å². The van der Waals surface area contributed by atoms with Gasteiger partial charge >= 0.3 is 0 Å². The number of hydrogen-bond acceptors (Lipinski definition) is 2. The van der Waals surface area contributed by atoms with E-state index in [-0.39, 0.29) is 0 Å². The first-order valence-corrected chi connectivity index (χ1v) is 4.07. The monoisotopic (exact) mass is 153 g/mol. The number of rotatable bonds is 5. The molecule has 0 atom stereocenters. The van der Waals surface area contributed by atoms with Crippen LogP contribution in [0.4, 0.5) is 0 Å². The SMILES string of the molecule is NCCOCCC1=CCC=C1. The molecule has 0 heterocycles. The Hall–Kier alpha value is -0.600. The summed E-state index contributed by atoms with van der Waals surface area (Å²) in [6.45, 7) is 2.10. The molecule has 0 aromatic rings. The van der Waals surface area contributed by atoms with Crippen molar-refractivity contribution in [2.75, 3.05) is 19.8 Å². The summed E-state index contributed by atoms with van der Waals surface area (Å²) in [5.41, 5.74) is 6.66. The van der Waals surface area contributed by atoms with Gasteiger partial charge in [0.05, 0.1) is 13.2 Å². The molecule has 1 aliphatic carbocycles. The quantitative estimate of drug-likeness (QED) is 0.603. The van der Waals surface area contributed by atoms with E-state index < -0.39 is 0 Å². The molecular formula is C9H15NO. The molecule has 0 fully saturated rings. The lowest BCUT2D eigenvalue weighted by molar-refractivity contribution is 0.145. The lowest BCUT2D eigenvalue weighted by Crippen LogP contribution is -2.09. The first-order valence-electron chi connectivity index (χ1n) is 4.07. The fraction of sp³-hybridized carbons (Fsp3) is 0.556. The molecule has 1 rings (SSSR count). The lowest BCUT2D eigenvalue weighted by atomic mass is 10.2. The molecule has 1 aliphatic rings. The third-order valence-corrected chi connectivity index (χ3v) is 1.65. The third-order valence-electron chi connectivity index (χ3n) is 1.65. The fourth-order valence-corrected chi connectivity index (χ4v) is 1.07. The van der Waals surface area contributed by atoms with Gasteiger partial charge in [0.2, 0.25) is 0 Å². The summed E-state index contributed by atoms with van der Waals surface area (Å²) >= 11 is 0. The minimum absolute atomic E-state index is 0.620. The largest absolute Gasteiger partial charge is 0.380 e. The van der Waals surface area contributed by atoms with Crippen molar-refractivity contribution in [3.8, 4) is 0 Å². The predicted octanol–water partition coefficient (Wildman–Crippen LogP) is 1.24. The van der Waals surface area contributed by atoms with Gasteiger partial charge in [-0.05, 0) is 18.4 Å². The average Bonchev–Trinajstić information content (AvgIpc) is 2.50. The maximum atomic E-state index is 5.27. The van der Waals surface area contributed by atoms with Crippen LogP contribution in [0.2, 0.25) is 0 Å².